The number of halogens is 1. The maximum Gasteiger partial charge on any atom is 0.310 e. The normalized spacial score (nSPS) is 20.7. The van der Waals surface area contributed by atoms with E-state index in [0.29, 0.717) is 11.8 Å². The van der Waals surface area contributed by atoms with Gasteiger partial charge in [-0.2, -0.15) is 0 Å². The first-order valence-corrected chi connectivity index (χ1v) is 7.32. The van der Waals surface area contributed by atoms with Crippen LogP contribution in [-0.2, 0) is 4.79 Å². The van der Waals surface area contributed by atoms with E-state index in [1.165, 1.54) is 12.1 Å². The van der Waals surface area contributed by atoms with Gasteiger partial charge in [-0.3, -0.25) is 4.79 Å². The molecular formula is C16H22FNO3. The van der Waals surface area contributed by atoms with Crippen LogP contribution in [0.25, 0.3) is 0 Å². The van der Waals surface area contributed by atoms with Crippen molar-refractivity contribution in [1.82, 2.24) is 4.90 Å². The number of likely N-dealkylation sites (tertiary alicyclic amines) is 1. The number of hydrogen-bond donors (Lipinski definition) is 1. The lowest BCUT2D eigenvalue weighted by Gasteiger charge is -2.23. The van der Waals surface area contributed by atoms with Crippen molar-refractivity contribution in [2.45, 2.75) is 26.3 Å². The van der Waals surface area contributed by atoms with Gasteiger partial charge in [0.2, 0.25) is 0 Å². The van der Waals surface area contributed by atoms with Crippen LogP contribution >= 0.6 is 0 Å². The smallest absolute Gasteiger partial charge is 0.310 e. The molecule has 1 heterocycles. The zero-order valence-electron chi connectivity index (χ0n) is 12.5. The third kappa shape index (κ3) is 4.17. The molecule has 1 saturated heterocycles. The summed E-state index contributed by atoms with van der Waals surface area (Å²) in [5.41, 5.74) is 0. The standard InChI is InChI=1S/C16H22FNO3/c1-11(2)18-7-6-12(9-18)15(16(19)20)10-21-14-5-3-4-13(17)8-14/h3-5,8,11-12,15H,6-7,9-10H2,1-2H3,(H,19,20). The Kier molecular flexibility index (Phi) is 5.17. The van der Waals surface area contributed by atoms with Gasteiger partial charge in [-0.25, -0.2) is 4.39 Å². The molecule has 1 fully saturated rings. The molecule has 21 heavy (non-hydrogen) atoms. The lowest BCUT2D eigenvalue weighted by molar-refractivity contribution is -0.144. The minimum atomic E-state index is -0.845. The molecule has 0 saturated carbocycles. The molecular weight excluding hydrogens is 273 g/mol. The highest BCUT2D eigenvalue weighted by Crippen LogP contribution is 2.27. The van der Waals surface area contributed by atoms with Crippen molar-refractivity contribution in [1.29, 1.82) is 0 Å². The van der Waals surface area contributed by atoms with Crippen molar-refractivity contribution in [3.8, 4) is 5.75 Å². The Morgan fingerprint density at radius 2 is 2.29 bits per heavy atom. The zero-order chi connectivity index (χ0) is 15.4. The molecule has 1 N–H and O–H groups in total. The van der Waals surface area contributed by atoms with E-state index < -0.39 is 11.9 Å². The number of ether oxygens (including phenoxy) is 1. The summed E-state index contributed by atoms with van der Waals surface area (Å²) in [4.78, 5) is 13.8. The van der Waals surface area contributed by atoms with Gasteiger partial charge in [0.25, 0.3) is 0 Å². The second kappa shape index (κ2) is 6.89. The SMILES string of the molecule is CC(C)N1CCC(C(COc2cccc(F)c2)C(=O)O)C1. The summed E-state index contributed by atoms with van der Waals surface area (Å²) < 4.78 is 18.6. The van der Waals surface area contributed by atoms with Crippen molar-refractivity contribution in [3.63, 3.8) is 0 Å². The molecule has 0 spiro atoms. The second-order valence-corrected chi connectivity index (χ2v) is 5.85. The minimum Gasteiger partial charge on any atom is -0.493 e. The number of hydrogen-bond acceptors (Lipinski definition) is 3. The van der Waals surface area contributed by atoms with Gasteiger partial charge in [0, 0.05) is 18.7 Å². The minimum absolute atomic E-state index is 0.0788. The molecule has 2 unspecified atom stereocenters. The largest absolute Gasteiger partial charge is 0.493 e. The van der Waals surface area contributed by atoms with Crippen LogP contribution in [0.3, 0.4) is 0 Å². The van der Waals surface area contributed by atoms with Crippen molar-refractivity contribution >= 4 is 5.97 Å². The number of aliphatic carboxylic acids is 1. The van der Waals surface area contributed by atoms with E-state index in [0.717, 1.165) is 19.5 Å². The first-order chi connectivity index (χ1) is 9.97. The van der Waals surface area contributed by atoms with E-state index in [2.05, 4.69) is 18.7 Å². The van der Waals surface area contributed by atoms with Crippen molar-refractivity contribution in [3.05, 3.63) is 30.1 Å². The van der Waals surface area contributed by atoms with E-state index in [4.69, 9.17) is 4.74 Å². The molecule has 0 amide bonds. The first kappa shape index (κ1) is 15.8. The summed E-state index contributed by atoms with van der Waals surface area (Å²) in [5, 5.41) is 9.42. The Balaban J connectivity index is 1.95. The summed E-state index contributed by atoms with van der Waals surface area (Å²) in [7, 11) is 0. The summed E-state index contributed by atoms with van der Waals surface area (Å²) in [6.07, 6.45) is 0.863. The van der Waals surface area contributed by atoms with Gasteiger partial charge in [-0.05, 0) is 44.9 Å². The molecule has 2 rings (SSSR count). The van der Waals surface area contributed by atoms with Crippen LogP contribution in [0.1, 0.15) is 20.3 Å². The molecule has 116 valence electrons. The maximum atomic E-state index is 13.1. The van der Waals surface area contributed by atoms with Crippen LogP contribution in [0.2, 0.25) is 0 Å². The molecule has 1 aliphatic heterocycles. The van der Waals surface area contributed by atoms with Gasteiger partial charge < -0.3 is 14.7 Å². The Morgan fingerprint density at radius 1 is 1.52 bits per heavy atom. The molecule has 0 aromatic heterocycles. The van der Waals surface area contributed by atoms with E-state index in [1.807, 2.05) is 0 Å². The van der Waals surface area contributed by atoms with Gasteiger partial charge in [-0.15, -0.1) is 0 Å². The molecule has 1 aromatic rings. The Labute approximate surface area is 124 Å². The quantitative estimate of drug-likeness (QED) is 0.876. The zero-order valence-corrected chi connectivity index (χ0v) is 12.5. The first-order valence-electron chi connectivity index (χ1n) is 7.32. The fraction of sp³-hybridized carbons (Fsp3) is 0.562. The van der Waals surface area contributed by atoms with Crippen LogP contribution in [0.4, 0.5) is 4.39 Å². The highest BCUT2D eigenvalue weighted by Gasteiger charge is 2.35. The van der Waals surface area contributed by atoms with Gasteiger partial charge in [0.15, 0.2) is 0 Å². The van der Waals surface area contributed by atoms with E-state index in [9.17, 15) is 14.3 Å². The number of carboxylic acids is 1. The van der Waals surface area contributed by atoms with Gasteiger partial charge in [-0.1, -0.05) is 6.07 Å². The molecule has 0 aliphatic carbocycles. The average Bonchev–Trinajstić information content (AvgIpc) is 2.88. The molecule has 4 nitrogen and oxygen atoms in total. The van der Waals surface area contributed by atoms with Crippen LogP contribution in [-0.4, -0.2) is 41.7 Å². The Bertz CT molecular complexity index is 492. The predicted octanol–water partition coefficient (Wildman–Crippen LogP) is 2.64. The van der Waals surface area contributed by atoms with Crippen LogP contribution in [0.5, 0.6) is 5.75 Å². The lowest BCUT2D eigenvalue weighted by atomic mass is 9.92. The Hall–Kier alpha value is -1.62. The number of benzene rings is 1. The van der Waals surface area contributed by atoms with E-state index >= 15 is 0 Å². The van der Waals surface area contributed by atoms with Gasteiger partial charge >= 0.3 is 5.97 Å². The highest BCUT2D eigenvalue weighted by atomic mass is 19.1. The molecule has 5 heteroatoms. The molecule has 1 aromatic carbocycles. The fourth-order valence-electron chi connectivity index (χ4n) is 2.76. The topological polar surface area (TPSA) is 49.8 Å². The van der Waals surface area contributed by atoms with Gasteiger partial charge in [0.05, 0.1) is 5.92 Å². The average molecular weight is 295 g/mol. The van der Waals surface area contributed by atoms with Crippen LogP contribution in [0.15, 0.2) is 24.3 Å². The summed E-state index contributed by atoms with van der Waals surface area (Å²) in [6.45, 7) is 6.01. The van der Waals surface area contributed by atoms with Crippen LogP contribution in [0, 0.1) is 17.7 Å². The molecule has 2 atom stereocenters. The van der Waals surface area contributed by atoms with Crippen molar-refractivity contribution < 1.29 is 19.0 Å². The van der Waals surface area contributed by atoms with Gasteiger partial charge in [0.1, 0.15) is 18.2 Å². The van der Waals surface area contributed by atoms with Crippen molar-refractivity contribution in [2.24, 2.45) is 11.8 Å². The second-order valence-electron chi connectivity index (χ2n) is 5.85. The summed E-state index contributed by atoms with van der Waals surface area (Å²) in [6, 6.07) is 6.22. The monoisotopic (exact) mass is 295 g/mol. The van der Waals surface area contributed by atoms with E-state index in [-0.39, 0.29) is 18.3 Å². The highest BCUT2D eigenvalue weighted by molar-refractivity contribution is 5.70. The molecule has 1 aliphatic rings. The Morgan fingerprint density at radius 3 is 2.86 bits per heavy atom. The third-order valence-corrected chi connectivity index (χ3v) is 4.10. The number of carbonyl (C=O) groups is 1. The summed E-state index contributed by atoms with van der Waals surface area (Å²) in [5.74, 6) is -1.33. The number of nitrogens with zero attached hydrogens (tertiary/aromatic N) is 1. The lowest BCUT2D eigenvalue weighted by Crippen LogP contribution is -2.33. The third-order valence-electron chi connectivity index (χ3n) is 4.10. The number of carboxylic acid groups (broad SMARTS) is 1. The van der Waals surface area contributed by atoms with E-state index in [1.54, 1.807) is 12.1 Å². The van der Waals surface area contributed by atoms with Crippen molar-refractivity contribution in [2.75, 3.05) is 19.7 Å². The number of rotatable bonds is 6. The maximum absolute atomic E-state index is 13.1. The summed E-state index contributed by atoms with van der Waals surface area (Å²) >= 11 is 0. The molecule has 0 radical (unpaired) electrons. The molecule has 0 bridgehead atoms. The predicted molar refractivity (Wildman–Crippen MR) is 77.8 cm³/mol. The van der Waals surface area contributed by atoms with Crippen LogP contribution < -0.4 is 4.74 Å². The fourth-order valence-corrected chi connectivity index (χ4v) is 2.76.